The first-order valence-corrected chi connectivity index (χ1v) is 15.1. The van der Waals surface area contributed by atoms with Crippen LogP contribution < -0.4 is 10.6 Å². The number of anilines is 2. The highest BCUT2D eigenvalue weighted by Crippen LogP contribution is 2.34. The lowest BCUT2D eigenvalue weighted by atomic mass is 10.1. The van der Waals surface area contributed by atoms with Gasteiger partial charge in [0.2, 0.25) is 0 Å². The smallest absolute Gasteiger partial charge is 0.357 e. The van der Waals surface area contributed by atoms with Crippen LogP contribution in [0, 0.1) is 26.0 Å². The topological polar surface area (TPSA) is 189 Å². The minimum Gasteiger partial charge on any atom is -0.464 e. The van der Waals surface area contributed by atoms with Crippen molar-refractivity contribution in [1.29, 1.82) is 0 Å². The molecular weight excluding hydrogens is 798 g/mol. The van der Waals surface area contributed by atoms with Crippen LogP contribution in [0.2, 0.25) is 10.3 Å². The molecule has 2 aromatic carbocycles. The summed E-state index contributed by atoms with van der Waals surface area (Å²) in [6.45, 7) is 0.115. The number of esters is 2. The predicted octanol–water partition coefficient (Wildman–Crippen LogP) is 7.75. The zero-order valence-electron chi connectivity index (χ0n) is 24.1. The summed E-state index contributed by atoms with van der Waals surface area (Å²) >= 11 is 17.9. The van der Waals surface area contributed by atoms with Gasteiger partial charge in [0.05, 0.1) is 44.4 Å². The Hall–Kier alpha value is -4.45. The van der Waals surface area contributed by atoms with Crippen LogP contribution in [-0.4, -0.2) is 46.0 Å². The van der Waals surface area contributed by atoms with Crippen molar-refractivity contribution in [2.45, 2.75) is 13.1 Å². The number of halogens is 5. The van der Waals surface area contributed by atoms with E-state index in [-0.39, 0.29) is 51.2 Å². The van der Waals surface area contributed by atoms with Crippen LogP contribution in [0.15, 0.2) is 63.5 Å². The van der Waals surface area contributed by atoms with Gasteiger partial charge in [0.15, 0.2) is 22.4 Å². The number of nitro groups is 2. The van der Waals surface area contributed by atoms with E-state index in [2.05, 4.69) is 61.9 Å². The van der Waals surface area contributed by atoms with Crippen LogP contribution in [0.5, 0.6) is 0 Å². The molecule has 0 radical (unpaired) electrons. The summed E-state index contributed by atoms with van der Waals surface area (Å²) < 4.78 is 23.8. The summed E-state index contributed by atoms with van der Waals surface area (Å²) in [5, 5.41) is 27.3. The number of hydrogen-bond acceptors (Lipinski definition) is 12. The summed E-state index contributed by atoms with van der Waals surface area (Å²) in [7, 11) is 2.38. The van der Waals surface area contributed by atoms with E-state index in [0.717, 1.165) is 7.11 Å². The van der Waals surface area contributed by atoms with Gasteiger partial charge >= 0.3 is 11.9 Å². The van der Waals surface area contributed by atoms with Crippen molar-refractivity contribution in [3.8, 4) is 0 Å². The summed E-state index contributed by atoms with van der Waals surface area (Å²) in [5.41, 5.74) is 0.855. The van der Waals surface area contributed by atoms with Crippen LogP contribution >= 0.6 is 55.1 Å². The van der Waals surface area contributed by atoms with Crippen molar-refractivity contribution >= 4 is 89.7 Å². The van der Waals surface area contributed by atoms with Gasteiger partial charge in [-0.1, -0.05) is 59.6 Å². The monoisotopic (exact) mass is 816 g/mol. The second-order valence-corrected chi connectivity index (χ2v) is 11.2. The molecule has 0 aliphatic carbocycles. The maximum absolute atomic E-state index is 14.2. The molecule has 0 atom stereocenters. The van der Waals surface area contributed by atoms with E-state index >= 15 is 0 Å². The average molecular weight is 819 g/mol. The largest absolute Gasteiger partial charge is 0.464 e. The summed E-state index contributed by atoms with van der Waals surface area (Å²) in [6.07, 6.45) is 0. The molecule has 0 amide bonds. The number of para-hydroxylation sites is 2. The maximum Gasteiger partial charge on any atom is 0.357 e. The van der Waals surface area contributed by atoms with Gasteiger partial charge in [-0.05, 0) is 37.9 Å². The van der Waals surface area contributed by atoms with Crippen molar-refractivity contribution < 1.29 is 33.3 Å². The molecule has 0 aliphatic rings. The Kier molecular flexibility index (Phi) is 13.3. The predicted molar refractivity (Wildman–Crippen MR) is 177 cm³/mol. The molecule has 14 nitrogen and oxygen atoms in total. The number of benzene rings is 2. The highest BCUT2D eigenvalue weighted by Gasteiger charge is 2.23. The molecule has 19 heteroatoms. The molecule has 0 unspecified atom stereocenters. The van der Waals surface area contributed by atoms with Crippen LogP contribution in [0.4, 0.5) is 27.1 Å². The van der Waals surface area contributed by atoms with Crippen LogP contribution in [0.25, 0.3) is 0 Å². The number of pyridine rings is 2. The third kappa shape index (κ3) is 9.31. The van der Waals surface area contributed by atoms with Crippen LogP contribution in [0.1, 0.15) is 32.1 Å². The normalized spacial score (nSPS) is 10.3. The molecule has 0 saturated heterocycles. The number of aromatic nitrogens is 2. The number of carbonyl (C=O) groups is 2. The fourth-order valence-electron chi connectivity index (χ4n) is 3.81. The Morgan fingerprint density at radius 2 is 1.30 bits per heavy atom. The number of rotatable bonds is 10. The van der Waals surface area contributed by atoms with E-state index in [0.29, 0.717) is 21.3 Å². The van der Waals surface area contributed by atoms with Crippen LogP contribution in [-0.2, 0) is 22.6 Å². The third-order valence-electron chi connectivity index (χ3n) is 6.02. The van der Waals surface area contributed by atoms with Gasteiger partial charge in [0, 0.05) is 36.3 Å². The van der Waals surface area contributed by atoms with E-state index in [4.69, 9.17) is 23.2 Å². The Morgan fingerprint density at radius 1 is 0.830 bits per heavy atom. The third-order valence-corrected chi connectivity index (χ3v) is 8.04. The fourth-order valence-corrected chi connectivity index (χ4v) is 5.25. The van der Waals surface area contributed by atoms with Crippen molar-refractivity contribution in [1.82, 2.24) is 9.97 Å². The minimum absolute atomic E-state index is 0.00414. The number of ether oxygens (including phenoxy) is 2. The Bertz CT molecular complexity index is 1850. The second kappa shape index (κ2) is 16.9. The minimum atomic E-state index is -0.894. The standard InChI is InChI=1S/C14H10BrClFN3O4.C14H11BrClN3O4/c1-24-14(21)12-9(15)11(10(17)13(16)19-12)18-6-7-4-2-3-5-8(7)20(22)23;1-23-14(20)13-12(15)9(6-11(16)18-13)17-7-8-4-2-3-5-10(8)19(21)22/h2-5H,6H2,1H3,(H,18,19);2-6H,7H2,1H3,(H,17,18). The van der Waals surface area contributed by atoms with Crippen molar-refractivity contribution in [3.63, 3.8) is 0 Å². The van der Waals surface area contributed by atoms with E-state index in [1.165, 1.54) is 37.4 Å². The number of nitrogens with zero attached hydrogens (tertiary/aromatic N) is 4. The van der Waals surface area contributed by atoms with Gasteiger partial charge in [-0.25, -0.2) is 23.9 Å². The van der Waals surface area contributed by atoms with Gasteiger partial charge in [0.25, 0.3) is 11.4 Å². The summed E-state index contributed by atoms with van der Waals surface area (Å²) in [5.74, 6) is -2.35. The molecule has 2 N–H and O–H groups in total. The van der Waals surface area contributed by atoms with E-state index in [9.17, 15) is 34.2 Å². The SMILES string of the molecule is COC(=O)c1nc(Cl)c(F)c(NCc2ccccc2[N+](=O)[O-])c1Br.COC(=O)c1nc(Cl)cc(NCc2ccccc2[N+](=O)[O-])c1Br. The number of carbonyl (C=O) groups excluding carboxylic acids is 2. The van der Waals surface area contributed by atoms with Gasteiger partial charge in [0.1, 0.15) is 5.15 Å². The first-order valence-electron chi connectivity index (χ1n) is 12.8. The number of nitrogens with one attached hydrogen (secondary N) is 2. The molecule has 0 aliphatic heterocycles. The first-order chi connectivity index (χ1) is 22.3. The Morgan fingerprint density at radius 3 is 1.79 bits per heavy atom. The number of methoxy groups -OCH3 is 2. The molecule has 2 heterocycles. The Balaban J connectivity index is 0.000000256. The maximum atomic E-state index is 14.2. The van der Waals surface area contributed by atoms with Crippen molar-refractivity contribution in [2.75, 3.05) is 24.9 Å². The van der Waals surface area contributed by atoms with Crippen LogP contribution in [0.3, 0.4) is 0 Å². The number of nitro benzene ring substituents is 2. The zero-order valence-corrected chi connectivity index (χ0v) is 28.7. The highest BCUT2D eigenvalue weighted by molar-refractivity contribution is 9.11. The molecule has 0 fully saturated rings. The number of hydrogen-bond donors (Lipinski definition) is 2. The molecular formula is C28H21Br2Cl2FN6O8. The lowest BCUT2D eigenvalue weighted by Crippen LogP contribution is -2.11. The first kappa shape index (κ1) is 37.0. The molecule has 0 saturated carbocycles. The van der Waals surface area contributed by atoms with E-state index in [1.54, 1.807) is 24.3 Å². The van der Waals surface area contributed by atoms with Crippen molar-refractivity contribution in [3.05, 3.63) is 122 Å². The van der Waals surface area contributed by atoms with Crippen molar-refractivity contribution in [2.24, 2.45) is 0 Å². The van der Waals surface area contributed by atoms with E-state index in [1.807, 2.05) is 0 Å². The molecule has 246 valence electrons. The van der Waals surface area contributed by atoms with E-state index < -0.39 is 32.8 Å². The lowest BCUT2D eigenvalue weighted by molar-refractivity contribution is -0.385. The molecule has 2 aromatic heterocycles. The van der Waals surface area contributed by atoms with Gasteiger partial charge < -0.3 is 20.1 Å². The fraction of sp³-hybridized carbons (Fsp3) is 0.143. The molecule has 0 bridgehead atoms. The molecule has 47 heavy (non-hydrogen) atoms. The molecule has 4 rings (SSSR count). The lowest BCUT2D eigenvalue weighted by Gasteiger charge is -2.13. The quantitative estimate of drug-likeness (QED) is 0.0686. The average Bonchev–Trinajstić information content (AvgIpc) is 3.06. The summed E-state index contributed by atoms with van der Waals surface area (Å²) in [6, 6.07) is 13.9. The molecule has 4 aromatic rings. The summed E-state index contributed by atoms with van der Waals surface area (Å²) in [4.78, 5) is 51.9. The van der Waals surface area contributed by atoms with Gasteiger partial charge in [-0.3, -0.25) is 20.2 Å². The van der Waals surface area contributed by atoms with Gasteiger partial charge in [-0.15, -0.1) is 0 Å². The zero-order chi connectivity index (χ0) is 34.8. The Labute approximate surface area is 292 Å². The second-order valence-electron chi connectivity index (χ2n) is 8.87. The molecule has 0 spiro atoms. The highest BCUT2D eigenvalue weighted by atomic mass is 79.9. The van der Waals surface area contributed by atoms with Gasteiger partial charge in [-0.2, -0.15) is 0 Å².